The summed E-state index contributed by atoms with van der Waals surface area (Å²) in [6.45, 7) is 9.26. The van der Waals surface area contributed by atoms with E-state index < -0.39 is 0 Å². The summed E-state index contributed by atoms with van der Waals surface area (Å²) in [5, 5.41) is 6.66. The molecular formula is C18H30IN3O2. The Bertz CT molecular complexity index is 547. The summed E-state index contributed by atoms with van der Waals surface area (Å²) in [6.07, 6.45) is 1.98. The maximum Gasteiger partial charge on any atom is 0.191 e. The Kier molecular flexibility index (Phi) is 8.83. The molecule has 0 saturated heterocycles. The number of guanidine groups is 1. The number of benzene rings is 1. The Morgan fingerprint density at radius 2 is 2.12 bits per heavy atom. The maximum absolute atomic E-state index is 5.55. The smallest absolute Gasteiger partial charge is 0.191 e. The molecule has 0 aliphatic carbocycles. The first-order valence-corrected chi connectivity index (χ1v) is 8.36. The average molecular weight is 447 g/mol. The van der Waals surface area contributed by atoms with Crippen molar-refractivity contribution in [2.75, 3.05) is 33.4 Å². The van der Waals surface area contributed by atoms with Gasteiger partial charge in [0.1, 0.15) is 5.75 Å². The predicted octanol–water partition coefficient (Wildman–Crippen LogP) is 2.76. The monoisotopic (exact) mass is 447 g/mol. The van der Waals surface area contributed by atoms with E-state index in [-0.39, 0.29) is 29.6 Å². The van der Waals surface area contributed by atoms with E-state index in [9.17, 15) is 0 Å². The SMILES string of the molecule is CCNC(=NCC(C)(C)OC)NCCc1ccc2c(c1)CCO2.I. The highest BCUT2D eigenvalue weighted by Gasteiger charge is 2.16. The lowest BCUT2D eigenvalue weighted by atomic mass is 10.1. The Balaban J connectivity index is 0.00000288. The van der Waals surface area contributed by atoms with Crippen molar-refractivity contribution >= 4 is 29.9 Å². The number of hydrogen-bond acceptors (Lipinski definition) is 3. The lowest BCUT2D eigenvalue weighted by Gasteiger charge is -2.21. The number of nitrogens with zero attached hydrogens (tertiary/aromatic N) is 1. The zero-order chi connectivity index (χ0) is 16.7. The van der Waals surface area contributed by atoms with Crippen LogP contribution in [-0.2, 0) is 17.6 Å². The molecule has 0 bridgehead atoms. The fourth-order valence-electron chi connectivity index (χ4n) is 2.40. The van der Waals surface area contributed by atoms with Gasteiger partial charge >= 0.3 is 0 Å². The standard InChI is InChI=1S/C18H29N3O2.HI/c1-5-19-17(21-13-18(2,3)22-4)20-10-8-14-6-7-16-15(12-14)9-11-23-16;/h6-7,12H,5,8-11,13H2,1-4H3,(H2,19,20,21);1H. The highest BCUT2D eigenvalue weighted by atomic mass is 127. The van der Waals surface area contributed by atoms with Gasteiger partial charge in [-0.05, 0) is 44.4 Å². The van der Waals surface area contributed by atoms with Crippen LogP contribution in [0.4, 0.5) is 0 Å². The van der Waals surface area contributed by atoms with Gasteiger partial charge in [-0.1, -0.05) is 12.1 Å². The molecule has 0 aromatic heterocycles. The second kappa shape index (κ2) is 10.1. The summed E-state index contributed by atoms with van der Waals surface area (Å²) in [6, 6.07) is 6.48. The third-order valence-electron chi connectivity index (χ3n) is 3.97. The number of aliphatic imine (C=N–C) groups is 1. The van der Waals surface area contributed by atoms with Gasteiger partial charge in [-0.25, -0.2) is 0 Å². The van der Waals surface area contributed by atoms with Crippen LogP contribution in [0.2, 0.25) is 0 Å². The molecule has 2 N–H and O–H groups in total. The van der Waals surface area contributed by atoms with E-state index in [1.807, 2.05) is 13.8 Å². The number of hydrogen-bond donors (Lipinski definition) is 2. The first kappa shape index (κ1) is 21.0. The molecule has 0 fully saturated rings. The van der Waals surface area contributed by atoms with Crippen molar-refractivity contribution in [3.8, 4) is 5.75 Å². The first-order chi connectivity index (χ1) is 11.0. The molecule has 0 unspecified atom stereocenters. The summed E-state index contributed by atoms with van der Waals surface area (Å²) in [5.74, 6) is 1.88. The second-order valence-corrected chi connectivity index (χ2v) is 6.38. The summed E-state index contributed by atoms with van der Waals surface area (Å²) in [5.41, 5.74) is 2.40. The van der Waals surface area contributed by atoms with Crippen LogP contribution < -0.4 is 15.4 Å². The third-order valence-corrected chi connectivity index (χ3v) is 3.97. The van der Waals surface area contributed by atoms with Gasteiger partial charge < -0.3 is 20.1 Å². The summed E-state index contributed by atoms with van der Waals surface area (Å²) in [4.78, 5) is 4.59. The lowest BCUT2D eigenvalue weighted by molar-refractivity contribution is 0.0310. The van der Waals surface area contributed by atoms with Crippen LogP contribution in [-0.4, -0.2) is 44.9 Å². The van der Waals surface area contributed by atoms with Crippen molar-refractivity contribution in [3.05, 3.63) is 29.3 Å². The molecule has 1 heterocycles. The highest BCUT2D eigenvalue weighted by Crippen LogP contribution is 2.25. The van der Waals surface area contributed by atoms with Gasteiger partial charge in [0.05, 0.1) is 18.8 Å². The molecule has 136 valence electrons. The zero-order valence-electron chi connectivity index (χ0n) is 15.1. The van der Waals surface area contributed by atoms with Gasteiger partial charge in [-0.15, -0.1) is 24.0 Å². The molecule has 1 aliphatic heterocycles. The van der Waals surface area contributed by atoms with Crippen molar-refractivity contribution in [2.24, 2.45) is 4.99 Å². The Morgan fingerprint density at radius 1 is 1.33 bits per heavy atom. The summed E-state index contributed by atoms with van der Waals surface area (Å²) < 4.78 is 11.0. The Morgan fingerprint density at radius 3 is 2.83 bits per heavy atom. The largest absolute Gasteiger partial charge is 0.493 e. The lowest BCUT2D eigenvalue weighted by Crippen LogP contribution is -2.40. The molecule has 0 atom stereocenters. The molecule has 5 nitrogen and oxygen atoms in total. The van der Waals surface area contributed by atoms with Crippen LogP contribution in [0.3, 0.4) is 0 Å². The topological polar surface area (TPSA) is 54.9 Å². The van der Waals surface area contributed by atoms with Crippen molar-refractivity contribution in [1.29, 1.82) is 0 Å². The third kappa shape index (κ3) is 6.47. The quantitative estimate of drug-likeness (QED) is 0.384. The van der Waals surface area contributed by atoms with Gasteiger partial charge in [-0.3, -0.25) is 4.99 Å². The summed E-state index contributed by atoms with van der Waals surface area (Å²) >= 11 is 0. The number of methoxy groups -OCH3 is 1. The predicted molar refractivity (Wildman–Crippen MR) is 110 cm³/mol. The van der Waals surface area contributed by atoms with E-state index in [4.69, 9.17) is 9.47 Å². The number of ether oxygens (including phenoxy) is 2. The number of halogens is 1. The molecule has 0 saturated carbocycles. The van der Waals surface area contributed by atoms with Crippen LogP contribution in [0, 0.1) is 0 Å². The number of nitrogens with one attached hydrogen (secondary N) is 2. The number of fused-ring (bicyclic) bond motifs is 1. The van der Waals surface area contributed by atoms with Crippen molar-refractivity contribution in [1.82, 2.24) is 10.6 Å². The molecule has 24 heavy (non-hydrogen) atoms. The van der Waals surface area contributed by atoms with Gasteiger partial charge in [0.2, 0.25) is 0 Å². The maximum atomic E-state index is 5.55. The fraction of sp³-hybridized carbons (Fsp3) is 0.611. The van der Waals surface area contributed by atoms with Crippen molar-refractivity contribution in [3.63, 3.8) is 0 Å². The van der Waals surface area contributed by atoms with E-state index in [1.165, 1.54) is 11.1 Å². The van der Waals surface area contributed by atoms with Gasteiger partial charge in [0.25, 0.3) is 0 Å². The number of rotatable bonds is 7. The highest BCUT2D eigenvalue weighted by molar-refractivity contribution is 14.0. The van der Waals surface area contributed by atoms with Crippen LogP contribution in [0.1, 0.15) is 31.9 Å². The molecule has 0 radical (unpaired) electrons. The molecule has 0 amide bonds. The van der Waals surface area contributed by atoms with Crippen LogP contribution in [0.5, 0.6) is 5.75 Å². The van der Waals surface area contributed by atoms with E-state index in [2.05, 4.69) is 40.7 Å². The zero-order valence-corrected chi connectivity index (χ0v) is 17.5. The van der Waals surface area contributed by atoms with Crippen LogP contribution in [0.15, 0.2) is 23.2 Å². The second-order valence-electron chi connectivity index (χ2n) is 6.38. The molecule has 6 heteroatoms. The summed E-state index contributed by atoms with van der Waals surface area (Å²) in [7, 11) is 1.72. The first-order valence-electron chi connectivity index (χ1n) is 8.36. The van der Waals surface area contributed by atoms with Gasteiger partial charge in [0, 0.05) is 26.6 Å². The minimum Gasteiger partial charge on any atom is -0.493 e. The molecule has 1 aromatic carbocycles. The molecule has 0 spiro atoms. The molecule has 1 aliphatic rings. The molecule has 2 rings (SSSR count). The molecule has 1 aromatic rings. The van der Waals surface area contributed by atoms with E-state index in [0.29, 0.717) is 6.54 Å². The minimum atomic E-state index is -0.248. The minimum absolute atomic E-state index is 0. The van der Waals surface area contributed by atoms with Crippen molar-refractivity contribution in [2.45, 2.75) is 39.2 Å². The molecular weight excluding hydrogens is 417 g/mol. The Hall–Kier alpha value is -1.02. The van der Waals surface area contributed by atoms with Crippen LogP contribution in [0.25, 0.3) is 0 Å². The van der Waals surface area contributed by atoms with E-state index in [1.54, 1.807) is 7.11 Å². The Labute approximate surface area is 162 Å². The fourth-order valence-corrected chi connectivity index (χ4v) is 2.40. The van der Waals surface area contributed by atoms with E-state index in [0.717, 1.165) is 44.2 Å². The van der Waals surface area contributed by atoms with Gasteiger partial charge in [-0.2, -0.15) is 0 Å². The van der Waals surface area contributed by atoms with Crippen molar-refractivity contribution < 1.29 is 9.47 Å². The van der Waals surface area contributed by atoms with Gasteiger partial charge in [0.15, 0.2) is 5.96 Å². The average Bonchev–Trinajstić information content (AvgIpc) is 3.00. The van der Waals surface area contributed by atoms with Crippen LogP contribution >= 0.6 is 24.0 Å². The normalized spacial score (nSPS) is 13.8. The van der Waals surface area contributed by atoms with E-state index >= 15 is 0 Å².